The molecule has 0 fully saturated rings. The summed E-state index contributed by atoms with van der Waals surface area (Å²) in [7, 11) is 0. The number of carboxylic acid groups (broad SMARTS) is 1. The van der Waals surface area contributed by atoms with E-state index in [-0.39, 0.29) is 0 Å². The van der Waals surface area contributed by atoms with Crippen LogP contribution in [0.3, 0.4) is 0 Å². The van der Waals surface area contributed by atoms with Crippen LogP contribution in [-0.2, 0) is 9.63 Å². The van der Waals surface area contributed by atoms with Crippen LogP contribution in [0.1, 0.15) is 13.8 Å². The van der Waals surface area contributed by atoms with Crippen LogP contribution in [0.25, 0.3) is 0 Å². The van der Waals surface area contributed by atoms with Gasteiger partial charge in [0.2, 0.25) is 0 Å². The first-order valence-corrected chi connectivity index (χ1v) is 4.60. The van der Waals surface area contributed by atoms with Gasteiger partial charge in [0, 0.05) is 6.04 Å². The van der Waals surface area contributed by atoms with E-state index in [1.807, 2.05) is 0 Å². The number of urea groups is 1. The Hall–Kier alpha value is -1.51. The Kier molecular flexibility index (Phi) is 5.72. The van der Waals surface area contributed by atoms with Gasteiger partial charge in [-0.1, -0.05) is 0 Å². The molecule has 100 valence electrons. The van der Waals surface area contributed by atoms with Crippen molar-refractivity contribution in [1.82, 2.24) is 10.4 Å². The van der Waals surface area contributed by atoms with Gasteiger partial charge in [0.1, 0.15) is 6.54 Å². The summed E-state index contributed by atoms with van der Waals surface area (Å²) < 4.78 is 36.4. The molecule has 0 aromatic heterocycles. The van der Waals surface area contributed by atoms with Gasteiger partial charge in [-0.3, -0.25) is 4.84 Å². The fourth-order valence-corrected chi connectivity index (χ4v) is 0.900. The monoisotopic (exact) mass is 258 g/mol. The number of carbonyl (C=O) groups is 2. The Morgan fingerprint density at radius 1 is 1.41 bits per heavy atom. The molecule has 17 heavy (non-hydrogen) atoms. The molecule has 0 heterocycles. The molecular weight excluding hydrogens is 245 g/mol. The molecule has 6 nitrogen and oxygen atoms in total. The number of rotatable bonds is 5. The highest BCUT2D eigenvalue weighted by molar-refractivity contribution is 5.74. The van der Waals surface area contributed by atoms with Crippen molar-refractivity contribution >= 4 is 12.0 Å². The minimum absolute atomic E-state index is 0.474. The molecule has 0 rings (SSSR count). The van der Waals surface area contributed by atoms with Gasteiger partial charge in [-0.2, -0.15) is 13.2 Å². The molecular formula is C8H13F3N2O4. The van der Waals surface area contributed by atoms with Crippen LogP contribution in [0.15, 0.2) is 0 Å². The van der Waals surface area contributed by atoms with Crippen molar-refractivity contribution in [2.75, 3.05) is 13.2 Å². The van der Waals surface area contributed by atoms with E-state index in [9.17, 15) is 22.8 Å². The summed E-state index contributed by atoms with van der Waals surface area (Å²) in [6, 6.07) is -1.84. The fourth-order valence-electron chi connectivity index (χ4n) is 0.900. The van der Waals surface area contributed by atoms with Gasteiger partial charge in [-0.15, -0.1) is 0 Å². The van der Waals surface area contributed by atoms with E-state index in [0.717, 1.165) is 0 Å². The van der Waals surface area contributed by atoms with Gasteiger partial charge in [-0.25, -0.2) is 15.1 Å². The molecule has 9 heteroatoms. The maximum Gasteiger partial charge on any atom is 0.406 e. The zero-order valence-corrected chi connectivity index (χ0v) is 9.24. The number of aliphatic carboxylic acids is 1. The lowest BCUT2D eigenvalue weighted by Crippen LogP contribution is -2.48. The standard InChI is InChI=1S/C8H13F3N2O4/c1-5(2)13(4-8(9,10)11)7(16)12-17-3-6(14)15/h5H,3-4H2,1-2H3,(H,12,16)(H,14,15). The second-order valence-electron chi connectivity index (χ2n) is 3.43. The molecule has 0 saturated carbocycles. The number of carboxylic acids is 1. The molecule has 0 spiro atoms. The van der Waals surface area contributed by atoms with E-state index < -0.39 is 37.4 Å². The molecule has 2 N–H and O–H groups in total. The molecule has 0 aliphatic rings. The number of nitrogens with zero attached hydrogens (tertiary/aromatic N) is 1. The van der Waals surface area contributed by atoms with Crippen molar-refractivity contribution in [3.8, 4) is 0 Å². The van der Waals surface area contributed by atoms with Crippen LogP contribution in [-0.4, -0.2) is 47.4 Å². The van der Waals surface area contributed by atoms with Gasteiger partial charge in [0.15, 0.2) is 6.61 Å². The second kappa shape index (κ2) is 6.28. The second-order valence-corrected chi connectivity index (χ2v) is 3.43. The van der Waals surface area contributed by atoms with Crippen LogP contribution < -0.4 is 5.48 Å². The lowest BCUT2D eigenvalue weighted by atomic mass is 10.3. The maximum atomic E-state index is 12.1. The zero-order valence-electron chi connectivity index (χ0n) is 9.24. The van der Waals surface area contributed by atoms with E-state index in [1.165, 1.54) is 13.8 Å². The Bertz CT molecular complexity index is 280. The average Bonchev–Trinajstić information content (AvgIpc) is 2.11. The van der Waals surface area contributed by atoms with Crippen LogP contribution in [0.5, 0.6) is 0 Å². The number of hydrogen-bond acceptors (Lipinski definition) is 3. The molecule has 0 aliphatic heterocycles. The third-order valence-corrected chi connectivity index (χ3v) is 1.59. The summed E-state index contributed by atoms with van der Waals surface area (Å²) in [6.45, 7) is 0.516. The molecule has 0 unspecified atom stereocenters. The first-order chi connectivity index (χ1) is 7.63. The SMILES string of the molecule is CC(C)N(CC(F)(F)F)C(=O)NOCC(=O)O. The molecule has 0 atom stereocenters. The summed E-state index contributed by atoms with van der Waals surface area (Å²) in [5, 5.41) is 8.19. The number of alkyl halides is 3. The Labute approximate surface area is 95.3 Å². The lowest BCUT2D eigenvalue weighted by Gasteiger charge is -2.27. The summed E-state index contributed by atoms with van der Waals surface area (Å²) in [6.07, 6.45) is -4.53. The molecule has 0 aromatic carbocycles. The topological polar surface area (TPSA) is 78.9 Å². The Balaban J connectivity index is 4.31. The van der Waals surface area contributed by atoms with Gasteiger partial charge < -0.3 is 10.0 Å². The van der Waals surface area contributed by atoms with E-state index in [0.29, 0.717) is 4.90 Å². The van der Waals surface area contributed by atoms with Crippen LogP contribution in [0, 0.1) is 0 Å². The smallest absolute Gasteiger partial charge is 0.406 e. The van der Waals surface area contributed by atoms with E-state index in [4.69, 9.17) is 5.11 Å². The highest BCUT2D eigenvalue weighted by atomic mass is 19.4. The van der Waals surface area contributed by atoms with Crippen molar-refractivity contribution < 1.29 is 32.7 Å². The van der Waals surface area contributed by atoms with E-state index in [1.54, 1.807) is 5.48 Å². The minimum atomic E-state index is -4.53. The minimum Gasteiger partial charge on any atom is -0.479 e. The van der Waals surface area contributed by atoms with E-state index >= 15 is 0 Å². The number of carbonyl (C=O) groups excluding carboxylic acids is 1. The third kappa shape index (κ3) is 7.39. The van der Waals surface area contributed by atoms with Gasteiger partial charge in [0.05, 0.1) is 0 Å². The van der Waals surface area contributed by atoms with E-state index in [2.05, 4.69) is 4.84 Å². The highest BCUT2D eigenvalue weighted by Crippen LogP contribution is 2.17. The summed E-state index contributed by atoms with van der Waals surface area (Å²) in [4.78, 5) is 26.0. The molecule has 0 radical (unpaired) electrons. The van der Waals surface area contributed by atoms with Crippen molar-refractivity contribution in [1.29, 1.82) is 0 Å². The number of halogens is 3. The normalized spacial score (nSPS) is 11.4. The first kappa shape index (κ1) is 15.5. The fraction of sp³-hybridized carbons (Fsp3) is 0.750. The van der Waals surface area contributed by atoms with Crippen molar-refractivity contribution in [3.05, 3.63) is 0 Å². The lowest BCUT2D eigenvalue weighted by molar-refractivity contribution is -0.148. The largest absolute Gasteiger partial charge is 0.479 e. The molecule has 2 amide bonds. The molecule has 0 saturated heterocycles. The average molecular weight is 258 g/mol. The van der Waals surface area contributed by atoms with Crippen LogP contribution in [0.2, 0.25) is 0 Å². The first-order valence-electron chi connectivity index (χ1n) is 4.60. The van der Waals surface area contributed by atoms with Crippen LogP contribution in [0.4, 0.5) is 18.0 Å². The number of hydroxylamine groups is 1. The van der Waals surface area contributed by atoms with Crippen LogP contribution >= 0.6 is 0 Å². The predicted octanol–water partition coefficient (Wildman–Crippen LogP) is 0.985. The third-order valence-electron chi connectivity index (χ3n) is 1.59. The molecule has 0 aliphatic carbocycles. The Morgan fingerprint density at radius 3 is 2.29 bits per heavy atom. The van der Waals surface area contributed by atoms with Gasteiger partial charge in [0.25, 0.3) is 0 Å². The number of amides is 2. The number of hydrogen-bond donors (Lipinski definition) is 2. The molecule has 0 aromatic rings. The van der Waals surface area contributed by atoms with Gasteiger partial charge in [-0.05, 0) is 13.8 Å². The number of nitrogens with one attached hydrogen (secondary N) is 1. The Morgan fingerprint density at radius 2 is 1.94 bits per heavy atom. The van der Waals surface area contributed by atoms with Gasteiger partial charge >= 0.3 is 18.2 Å². The summed E-state index contributed by atoms with van der Waals surface area (Å²) >= 11 is 0. The zero-order chi connectivity index (χ0) is 13.6. The predicted molar refractivity (Wildman–Crippen MR) is 50.0 cm³/mol. The van der Waals surface area contributed by atoms with Crippen molar-refractivity contribution in [2.24, 2.45) is 0 Å². The van der Waals surface area contributed by atoms with Crippen molar-refractivity contribution in [2.45, 2.75) is 26.1 Å². The summed E-state index contributed by atoms with van der Waals surface area (Å²) in [5.74, 6) is -1.35. The van der Waals surface area contributed by atoms with Crippen molar-refractivity contribution in [3.63, 3.8) is 0 Å². The highest BCUT2D eigenvalue weighted by Gasteiger charge is 2.34. The molecule has 0 bridgehead atoms. The quantitative estimate of drug-likeness (QED) is 0.720. The summed E-state index contributed by atoms with van der Waals surface area (Å²) in [5.41, 5.74) is 1.62. The maximum absolute atomic E-state index is 12.1.